The molecule has 0 aromatic carbocycles. The van der Waals surface area contributed by atoms with Crippen molar-refractivity contribution in [1.82, 2.24) is 10.8 Å². The maximum absolute atomic E-state index is 11.4. The summed E-state index contributed by atoms with van der Waals surface area (Å²) in [5.41, 5.74) is 2.50. The Morgan fingerprint density at radius 3 is 2.27 bits per heavy atom. The van der Waals surface area contributed by atoms with E-state index >= 15 is 0 Å². The Hall–Kier alpha value is -0.770. The molecule has 0 saturated heterocycles. The quantitative estimate of drug-likeness (QED) is 0.704. The Bertz CT molecular complexity index is 209. The monoisotopic (exact) mass is 212 g/mol. The van der Waals surface area contributed by atoms with Crippen molar-refractivity contribution >= 4 is 6.03 Å². The third-order valence-electron chi connectivity index (χ3n) is 3.31. The summed E-state index contributed by atoms with van der Waals surface area (Å²) in [5, 5.41) is 2.93. The van der Waals surface area contributed by atoms with Gasteiger partial charge in [-0.2, -0.15) is 0 Å². The number of carbonyl (C=O) groups is 1. The molecule has 2 rings (SSSR count). The second kappa shape index (κ2) is 5.35. The topological polar surface area (TPSA) is 50.4 Å². The fraction of sp³-hybridized carbons (Fsp3) is 0.909. The standard InChI is InChI=1S/C11H20N2O2/c14-11(12-9-5-1-2-6-9)13-15-10-7-3-4-8-10/h9-10H,1-8H2,(H2,12,13,14). The van der Waals surface area contributed by atoms with Crippen LogP contribution in [0.3, 0.4) is 0 Å². The normalized spacial score (nSPS) is 23.2. The van der Waals surface area contributed by atoms with Gasteiger partial charge in [-0.15, -0.1) is 0 Å². The van der Waals surface area contributed by atoms with E-state index in [1.54, 1.807) is 0 Å². The molecule has 0 atom stereocenters. The number of hydrogen-bond donors (Lipinski definition) is 2. The van der Waals surface area contributed by atoms with E-state index < -0.39 is 0 Å². The Morgan fingerprint density at radius 2 is 1.60 bits per heavy atom. The van der Waals surface area contributed by atoms with Gasteiger partial charge in [-0.1, -0.05) is 25.7 Å². The maximum Gasteiger partial charge on any atom is 0.338 e. The molecule has 4 nitrogen and oxygen atoms in total. The van der Waals surface area contributed by atoms with E-state index in [0.717, 1.165) is 25.7 Å². The van der Waals surface area contributed by atoms with Gasteiger partial charge >= 0.3 is 6.03 Å². The number of hydroxylamine groups is 1. The van der Waals surface area contributed by atoms with Gasteiger partial charge in [0.15, 0.2) is 0 Å². The maximum atomic E-state index is 11.4. The smallest absolute Gasteiger partial charge is 0.334 e. The molecule has 0 spiro atoms. The molecule has 2 aliphatic carbocycles. The molecule has 2 amide bonds. The van der Waals surface area contributed by atoms with Gasteiger partial charge in [-0.05, 0) is 25.7 Å². The van der Waals surface area contributed by atoms with Gasteiger partial charge in [0.2, 0.25) is 0 Å². The third-order valence-corrected chi connectivity index (χ3v) is 3.31. The fourth-order valence-electron chi connectivity index (χ4n) is 2.43. The molecule has 86 valence electrons. The number of hydrogen-bond acceptors (Lipinski definition) is 2. The molecule has 0 aliphatic heterocycles. The van der Waals surface area contributed by atoms with E-state index in [1.165, 1.54) is 25.7 Å². The Balaban J connectivity index is 1.59. The van der Waals surface area contributed by atoms with Crippen molar-refractivity contribution in [3.8, 4) is 0 Å². The number of rotatable bonds is 3. The highest BCUT2D eigenvalue weighted by atomic mass is 16.7. The van der Waals surface area contributed by atoms with Crippen LogP contribution in [0, 0.1) is 0 Å². The molecular weight excluding hydrogens is 192 g/mol. The third kappa shape index (κ3) is 3.38. The van der Waals surface area contributed by atoms with Crippen LogP contribution in [0.2, 0.25) is 0 Å². The van der Waals surface area contributed by atoms with E-state index in [2.05, 4.69) is 10.8 Å². The van der Waals surface area contributed by atoms with Crippen molar-refractivity contribution < 1.29 is 9.63 Å². The highest BCUT2D eigenvalue weighted by molar-refractivity contribution is 5.73. The molecule has 0 aromatic heterocycles. The van der Waals surface area contributed by atoms with Gasteiger partial charge in [0.1, 0.15) is 0 Å². The predicted molar refractivity (Wildman–Crippen MR) is 57.3 cm³/mol. The van der Waals surface area contributed by atoms with Crippen LogP contribution in [0.15, 0.2) is 0 Å². The van der Waals surface area contributed by atoms with Gasteiger partial charge in [-0.3, -0.25) is 4.84 Å². The number of amides is 2. The molecular formula is C11H20N2O2. The highest BCUT2D eigenvalue weighted by Gasteiger charge is 2.19. The van der Waals surface area contributed by atoms with Crippen LogP contribution in [0.5, 0.6) is 0 Å². The van der Waals surface area contributed by atoms with E-state index in [0.29, 0.717) is 6.04 Å². The second-order valence-corrected chi connectivity index (χ2v) is 4.58. The van der Waals surface area contributed by atoms with Crippen molar-refractivity contribution in [2.75, 3.05) is 0 Å². The summed E-state index contributed by atoms with van der Waals surface area (Å²) < 4.78 is 0. The van der Waals surface area contributed by atoms with Crippen LogP contribution in [0.1, 0.15) is 51.4 Å². The van der Waals surface area contributed by atoms with Crippen LogP contribution in [0.4, 0.5) is 4.79 Å². The lowest BCUT2D eigenvalue weighted by Gasteiger charge is -2.15. The number of urea groups is 1. The van der Waals surface area contributed by atoms with Crippen molar-refractivity contribution in [3.63, 3.8) is 0 Å². The summed E-state index contributed by atoms with van der Waals surface area (Å²) in [6.07, 6.45) is 9.50. The Morgan fingerprint density at radius 1 is 1.00 bits per heavy atom. The van der Waals surface area contributed by atoms with Gasteiger partial charge in [-0.25, -0.2) is 10.3 Å². The largest absolute Gasteiger partial charge is 0.338 e. The van der Waals surface area contributed by atoms with Crippen LogP contribution < -0.4 is 10.8 Å². The Labute approximate surface area is 90.7 Å². The summed E-state index contributed by atoms with van der Waals surface area (Å²) >= 11 is 0. The molecule has 0 bridgehead atoms. The van der Waals surface area contributed by atoms with Crippen LogP contribution in [-0.2, 0) is 4.84 Å². The molecule has 0 unspecified atom stereocenters. The lowest BCUT2D eigenvalue weighted by atomic mass is 10.3. The van der Waals surface area contributed by atoms with Gasteiger partial charge in [0, 0.05) is 6.04 Å². The molecule has 2 fully saturated rings. The first-order valence-corrected chi connectivity index (χ1v) is 6.07. The summed E-state index contributed by atoms with van der Waals surface area (Å²) in [7, 11) is 0. The average Bonchev–Trinajstić information content (AvgIpc) is 2.86. The molecule has 0 aromatic rings. The van der Waals surface area contributed by atoms with Crippen molar-refractivity contribution in [2.45, 2.75) is 63.5 Å². The van der Waals surface area contributed by atoms with E-state index in [1.807, 2.05) is 0 Å². The summed E-state index contributed by atoms with van der Waals surface area (Å²) in [6, 6.07) is 0.186. The lowest BCUT2D eigenvalue weighted by Crippen LogP contribution is -2.42. The molecule has 0 radical (unpaired) electrons. The first kappa shape index (κ1) is 10.7. The Kier molecular flexibility index (Phi) is 3.83. The highest BCUT2D eigenvalue weighted by Crippen LogP contribution is 2.20. The summed E-state index contributed by atoms with van der Waals surface area (Å²) in [4.78, 5) is 16.7. The number of carbonyl (C=O) groups excluding carboxylic acids is 1. The second-order valence-electron chi connectivity index (χ2n) is 4.58. The molecule has 2 N–H and O–H groups in total. The predicted octanol–water partition coefficient (Wildman–Crippen LogP) is 2.10. The molecule has 2 saturated carbocycles. The zero-order valence-corrected chi connectivity index (χ0v) is 9.13. The van der Waals surface area contributed by atoms with Gasteiger partial charge in [0.25, 0.3) is 0 Å². The minimum Gasteiger partial charge on any atom is -0.334 e. The fourth-order valence-corrected chi connectivity index (χ4v) is 2.43. The van der Waals surface area contributed by atoms with Gasteiger partial charge in [0.05, 0.1) is 6.10 Å². The first-order chi connectivity index (χ1) is 7.34. The lowest BCUT2D eigenvalue weighted by molar-refractivity contribution is -0.000361. The van der Waals surface area contributed by atoms with E-state index in [4.69, 9.17) is 4.84 Å². The summed E-state index contributed by atoms with van der Waals surface area (Å²) in [5.74, 6) is 0. The molecule has 2 aliphatic rings. The number of nitrogens with one attached hydrogen (secondary N) is 2. The van der Waals surface area contributed by atoms with Crippen molar-refractivity contribution in [3.05, 3.63) is 0 Å². The van der Waals surface area contributed by atoms with Crippen molar-refractivity contribution in [2.24, 2.45) is 0 Å². The van der Waals surface area contributed by atoms with E-state index in [-0.39, 0.29) is 12.1 Å². The SMILES string of the molecule is O=C(NOC1CCCC1)NC1CCCC1. The first-order valence-electron chi connectivity index (χ1n) is 6.07. The average molecular weight is 212 g/mol. The zero-order chi connectivity index (χ0) is 10.5. The molecule has 15 heavy (non-hydrogen) atoms. The van der Waals surface area contributed by atoms with Crippen molar-refractivity contribution in [1.29, 1.82) is 0 Å². The van der Waals surface area contributed by atoms with E-state index in [9.17, 15) is 4.79 Å². The minimum atomic E-state index is -0.172. The molecule has 0 heterocycles. The molecule has 4 heteroatoms. The van der Waals surface area contributed by atoms with Gasteiger partial charge < -0.3 is 5.32 Å². The van der Waals surface area contributed by atoms with Crippen LogP contribution in [-0.4, -0.2) is 18.2 Å². The van der Waals surface area contributed by atoms with Crippen LogP contribution >= 0.6 is 0 Å². The minimum absolute atomic E-state index is 0.172. The van der Waals surface area contributed by atoms with Crippen LogP contribution in [0.25, 0.3) is 0 Å². The summed E-state index contributed by atoms with van der Waals surface area (Å²) in [6.45, 7) is 0. The zero-order valence-electron chi connectivity index (χ0n) is 9.13.